The van der Waals surface area contributed by atoms with Gasteiger partial charge in [-0.15, -0.1) is 0 Å². The maximum Gasteiger partial charge on any atom is 0.322 e. The van der Waals surface area contributed by atoms with Gasteiger partial charge in [0.2, 0.25) is 0 Å². The Hall–Kier alpha value is -2.40. The monoisotopic (exact) mass is 328 g/mol. The van der Waals surface area contributed by atoms with Crippen LogP contribution in [0.25, 0.3) is 0 Å². The first-order valence-electron chi connectivity index (χ1n) is 8.18. The fourth-order valence-corrected chi connectivity index (χ4v) is 2.81. The number of rotatable bonds is 5. The number of benzene rings is 2. The predicted molar refractivity (Wildman–Crippen MR) is 91.2 cm³/mol. The number of carbonyl (C=O) groups is 1. The van der Waals surface area contributed by atoms with E-state index in [4.69, 9.17) is 4.74 Å². The first-order valence-corrected chi connectivity index (χ1v) is 8.18. The van der Waals surface area contributed by atoms with Crippen LogP contribution in [0.1, 0.15) is 18.4 Å². The summed E-state index contributed by atoms with van der Waals surface area (Å²) in [6, 6.07) is 15.6. The van der Waals surface area contributed by atoms with Gasteiger partial charge in [0.05, 0.1) is 11.8 Å². The maximum absolute atomic E-state index is 13.8. The zero-order valence-electron chi connectivity index (χ0n) is 13.5. The summed E-state index contributed by atoms with van der Waals surface area (Å²) in [7, 11) is 0. The summed E-state index contributed by atoms with van der Waals surface area (Å²) in [5.74, 6) is -0.442. The summed E-state index contributed by atoms with van der Waals surface area (Å²) in [4.78, 5) is 14.3. The quantitative estimate of drug-likeness (QED) is 0.900. The molecule has 4 nitrogen and oxygen atoms in total. The molecule has 2 amide bonds. The second kappa shape index (κ2) is 7.93. The van der Waals surface area contributed by atoms with Crippen LogP contribution in [0.15, 0.2) is 54.6 Å². The van der Waals surface area contributed by atoms with Gasteiger partial charge in [-0.3, -0.25) is 0 Å². The molecule has 126 valence electrons. The third kappa shape index (κ3) is 4.32. The number of hydrogen-bond acceptors (Lipinski definition) is 2. The molecule has 0 bridgehead atoms. The first kappa shape index (κ1) is 16.5. The average Bonchev–Trinajstić information content (AvgIpc) is 3.10. The summed E-state index contributed by atoms with van der Waals surface area (Å²) in [5, 5.41) is 2.66. The normalized spacial score (nSPS) is 16.8. The van der Waals surface area contributed by atoms with Crippen LogP contribution in [0, 0.1) is 5.82 Å². The highest BCUT2D eigenvalue weighted by atomic mass is 19.1. The van der Waals surface area contributed by atoms with Crippen molar-refractivity contribution in [3.63, 3.8) is 0 Å². The van der Waals surface area contributed by atoms with Crippen molar-refractivity contribution < 1.29 is 13.9 Å². The molecule has 0 saturated carbocycles. The molecule has 0 unspecified atom stereocenters. The zero-order valence-corrected chi connectivity index (χ0v) is 13.5. The molecule has 1 N–H and O–H groups in total. The molecule has 3 rings (SSSR count). The molecule has 0 aromatic heterocycles. The lowest BCUT2D eigenvalue weighted by molar-refractivity contribution is 0.0819. The van der Waals surface area contributed by atoms with Crippen molar-refractivity contribution in [2.24, 2.45) is 0 Å². The Kier molecular flexibility index (Phi) is 5.43. The van der Waals surface area contributed by atoms with E-state index in [-0.39, 0.29) is 17.8 Å². The molecular weight excluding hydrogens is 307 g/mol. The lowest BCUT2D eigenvalue weighted by atomic mass is 10.2. The molecule has 1 atom stereocenters. The van der Waals surface area contributed by atoms with Crippen LogP contribution >= 0.6 is 0 Å². The van der Waals surface area contributed by atoms with Crippen LogP contribution in [-0.4, -0.2) is 30.2 Å². The molecule has 1 aliphatic heterocycles. The molecule has 1 saturated heterocycles. The van der Waals surface area contributed by atoms with Crippen LogP contribution in [-0.2, 0) is 11.3 Å². The van der Waals surface area contributed by atoms with Crippen LogP contribution < -0.4 is 5.32 Å². The smallest absolute Gasteiger partial charge is 0.322 e. The number of halogens is 1. The van der Waals surface area contributed by atoms with Crippen LogP contribution in [0.5, 0.6) is 0 Å². The van der Waals surface area contributed by atoms with Gasteiger partial charge in [0, 0.05) is 19.7 Å². The lowest BCUT2D eigenvalue weighted by Gasteiger charge is -2.26. The van der Waals surface area contributed by atoms with E-state index in [2.05, 4.69) is 5.32 Å². The summed E-state index contributed by atoms with van der Waals surface area (Å²) in [6.45, 7) is 1.69. The minimum atomic E-state index is -0.442. The Labute approximate surface area is 141 Å². The molecule has 1 fully saturated rings. The van der Waals surface area contributed by atoms with Gasteiger partial charge in [-0.25, -0.2) is 9.18 Å². The van der Waals surface area contributed by atoms with Gasteiger partial charge in [0.1, 0.15) is 5.82 Å². The standard InChI is InChI=1S/C19H21FN2O2/c20-17-10-4-5-11-18(17)21-19(23)22(14-16-9-6-12-24-16)13-15-7-2-1-3-8-15/h1-5,7-8,10-11,16H,6,9,12-14H2,(H,21,23)/t16-/m0/s1. The highest BCUT2D eigenvalue weighted by Crippen LogP contribution is 2.18. The van der Waals surface area contributed by atoms with Crippen molar-refractivity contribution in [3.8, 4) is 0 Å². The third-order valence-electron chi connectivity index (χ3n) is 4.07. The number of hydrogen-bond donors (Lipinski definition) is 1. The fourth-order valence-electron chi connectivity index (χ4n) is 2.81. The average molecular weight is 328 g/mol. The summed E-state index contributed by atoms with van der Waals surface area (Å²) in [5.41, 5.74) is 1.21. The predicted octanol–water partition coefficient (Wildman–Crippen LogP) is 4.04. The highest BCUT2D eigenvalue weighted by Gasteiger charge is 2.23. The third-order valence-corrected chi connectivity index (χ3v) is 4.07. The van der Waals surface area contributed by atoms with E-state index in [1.807, 2.05) is 30.3 Å². The molecule has 0 aliphatic carbocycles. The number of nitrogens with zero attached hydrogens (tertiary/aromatic N) is 1. The number of nitrogens with one attached hydrogen (secondary N) is 1. The summed E-state index contributed by atoms with van der Waals surface area (Å²) < 4.78 is 19.4. The van der Waals surface area contributed by atoms with E-state index >= 15 is 0 Å². The first-order chi connectivity index (χ1) is 11.7. The van der Waals surface area contributed by atoms with Gasteiger partial charge in [-0.1, -0.05) is 42.5 Å². The van der Waals surface area contributed by atoms with E-state index in [1.54, 1.807) is 23.1 Å². The minimum Gasteiger partial charge on any atom is -0.376 e. The molecular formula is C19H21FN2O2. The number of ether oxygens (including phenoxy) is 1. The summed E-state index contributed by atoms with van der Waals surface area (Å²) in [6.07, 6.45) is 2.00. The largest absolute Gasteiger partial charge is 0.376 e. The van der Waals surface area contributed by atoms with Gasteiger partial charge >= 0.3 is 6.03 Å². The summed E-state index contributed by atoms with van der Waals surface area (Å²) >= 11 is 0. The van der Waals surface area contributed by atoms with Crippen molar-refractivity contribution in [2.75, 3.05) is 18.5 Å². The van der Waals surface area contributed by atoms with Crippen LogP contribution in [0.4, 0.5) is 14.9 Å². The topological polar surface area (TPSA) is 41.6 Å². The molecule has 5 heteroatoms. The molecule has 2 aromatic rings. The van der Waals surface area contributed by atoms with Gasteiger partial charge in [0.15, 0.2) is 0 Å². The number of amides is 2. The van der Waals surface area contributed by atoms with E-state index in [0.29, 0.717) is 13.1 Å². The van der Waals surface area contributed by atoms with Crippen molar-refractivity contribution in [1.29, 1.82) is 0 Å². The van der Waals surface area contributed by atoms with Crippen molar-refractivity contribution >= 4 is 11.7 Å². The molecule has 0 radical (unpaired) electrons. The Balaban J connectivity index is 1.72. The van der Waals surface area contributed by atoms with E-state index in [9.17, 15) is 9.18 Å². The molecule has 24 heavy (non-hydrogen) atoms. The zero-order chi connectivity index (χ0) is 16.8. The van der Waals surface area contributed by atoms with E-state index < -0.39 is 5.82 Å². The minimum absolute atomic E-state index is 0.0417. The number of para-hydroxylation sites is 1. The Morgan fingerprint density at radius 2 is 1.92 bits per heavy atom. The Morgan fingerprint density at radius 3 is 2.62 bits per heavy atom. The number of anilines is 1. The van der Waals surface area contributed by atoms with Crippen LogP contribution in [0.3, 0.4) is 0 Å². The van der Waals surface area contributed by atoms with Gasteiger partial charge in [-0.2, -0.15) is 0 Å². The second-order valence-electron chi connectivity index (χ2n) is 5.91. The Bertz CT molecular complexity index is 672. The van der Waals surface area contributed by atoms with E-state index in [1.165, 1.54) is 6.07 Å². The number of carbonyl (C=O) groups excluding carboxylic acids is 1. The SMILES string of the molecule is O=C(Nc1ccccc1F)N(Cc1ccccc1)C[C@@H]1CCCO1. The lowest BCUT2D eigenvalue weighted by Crippen LogP contribution is -2.39. The Morgan fingerprint density at radius 1 is 1.17 bits per heavy atom. The van der Waals surface area contributed by atoms with Crippen molar-refractivity contribution in [1.82, 2.24) is 4.90 Å². The van der Waals surface area contributed by atoms with Crippen LogP contribution in [0.2, 0.25) is 0 Å². The fraction of sp³-hybridized carbons (Fsp3) is 0.316. The molecule has 2 aromatic carbocycles. The van der Waals surface area contributed by atoms with E-state index in [0.717, 1.165) is 25.0 Å². The van der Waals surface area contributed by atoms with Crippen molar-refractivity contribution in [2.45, 2.75) is 25.5 Å². The molecule has 1 aliphatic rings. The van der Waals surface area contributed by atoms with Gasteiger partial charge in [0.25, 0.3) is 0 Å². The molecule has 0 spiro atoms. The van der Waals surface area contributed by atoms with Gasteiger partial charge < -0.3 is 15.0 Å². The second-order valence-corrected chi connectivity index (χ2v) is 5.91. The number of urea groups is 1. The maximum atomic E-state index is 13.8. The highest BCUT2D eigenvalue weighted by molar-refractivity contribution is 5.89. The van der Waals surface area contributed by atoms with Crippen molar-refractivity contribution in [3.05, 3.63) is 66.0 Å². The van der Waals surface area contributed by atoms with Gasteiger partial charge in [-0.05, 0) is 30.5 Å². The molecule has 1 heterocycles.